The first kappa shape index (κ1) is 8.77. The predicted octanol–water partition coefficient (Wildman–Crippen LogP) is 0.0347. The molecular formula is C8H11N3OS. The van der Waals surface area contributed by atoms with Crippen LogP contribution in [-0.2, 0) is 4.79 Å². The van der Waals surface area contributed by atoms with E-state index in [4.69, 9.17) is 0 Å². The van der Waals surface area contributed by atoms with Crippen molar-refractivity contribution in [2.45, 2.75) is 0 Å². The number of amidine groups is 1. The first-order chi connectivity index (χ1) is 6.31. The number of Topliss-reactive ketones (excluding diaryl/α,β-unsaturated/α-hetero) is 1. The lowest BCUT2D eigenvalue weighted by Gasteiger charge is -2.04. The average molecular weight is 197 g/mol. The van der Waals surface area contributed by atoms with Crippen molar-refractivity contribution in [1.29, 1.82) is 0 Å². The highest BCUT2D eigenvalue weighted by atomic mass is 32.2. The molecule has 0 saturated heterocycles. The van der Waals surface area contributed by atoms with Crippen LogP contribution in [0.5, 0.6) is 0 Å². The molecule has 0 unspecified atom stereocenters. The molecule has 5 heteroatoms. The summed E-state index contributed by atoms with van der Waals surface area (Å²) in [6.07, 6.45) is 1.90. The van der Waals surface area contributed by atoms with Crippen LogP contribution >= 0.6 is 11.8 Å². The molecule has 0 aromatic heterocycles. The Morgan fingerprint density at radius 2 is 2.69 bits per heavy atom. The predicted molar refractivity (Wildman–Crippen MR) is 53.6 cm³/mol. The van der Waals surface area contributed by atoms with E-state index in [1.807, 2.05) is 11.1 Å². The Morgan fingerprint density at radius 3 is 3.38 bits per heavy atom. The molecular weight excluding hydrogens is 186 g/mol. The van der Waals surface area contributed by atoms with Crippen LogP contribution in [-0.4, -0.2) is 42.5 Å². The smallest absolute Gasteiger partial charge is 0.184 e. The minimum atomic E-state index is 0.143. The number of thioether (sulfide) groups is 1. The van der Waals surface area contributed by atoms with E-state index in [2.05, 4.69) is 10.3 Å². The maximum absolute atomic E-state index is 11.4. The number of ketones is 1. The highest BCUT2D eigenvalue weighted by Gasteiger charge is 2.27. The lowest BCUT2D eigenvalue weighted by molar-refractivity contribution is -0.114. The number of nitrogens with zero attached hydrogens (tertiary/aromatic N) is 2. The molecule has 13 heavy (non-hydrogen) atoms. The van der Waals surface area contributed by atoms with Gasteiger partial charge in [-0.2, -0.15) is 0 Å². The van der Waals surface area contributed by atoms with E-state index in [0.717, 1.165) is 23.2 Å². The summed E-state index contributed by atoms with van der Waals surface area (Å²) in [7, 11) is 1.77. The van der Waals surface area contributed by atoms with E-state index in [1.165, 1.54) is 11.8 Å². The number of aliphatic imine (C=N–C) groups is 1. The minimum Gasteiger partial charge on any atom is -0.324 e. The van der Waals surface area contributed by atoms with E-state index in [-0.39, 0.29) is 5.78 Å². The lowest BCUT2D eigenvalue weighted by atomic mass is 10.3. The average Bonchev–Trinajstić information content (AvgIpc) is 2.61. The molecule has 70 valence electrons. The Balaban J connectivity index is 2.04. The van der Waals surface area contributed by atoms with Gasteiger partial charge in [0.25, 0.3) is 0 Å². The third-order valence-corrected chi connectivity index (χ3v) is 3.02. The second kappa shape index (κ2) is 3.51. The van der Waals surface area contributed by atoms with Gasteiger partial charge in [0.05, 0.1) is 18.0 Å². The van der Waals surface area contributed by atoms with Gasteiger partial charge in [-0.1, -0.05) is 0 Å². The van der Waals surface area contributed by atoms with Crippen LogP contribution in [0.1, 0.15) is 0 Å². The van der Waals surface area contributed by atoms with Crippen molar-refractivity contribution < 1.29 is 4.79 Å². The molecule has 0 aromatic rings. The molecule has 2 aliphatic heterocycles. The summed E-state index contributed by atoms with van der Waals surface area (Å²) in [6, 6.07) is 0. The van der Waals surface area contributed by atoms with Crippen molar-refractivity contribution in [2.75, 3.05) is 26.7 Å². The maximum Gasteiger partial charge on any atom is 0.184 e. The van der Waals surface area contributed by atoms with Gasteiger partial charge < -0.3 is 10.2 Å². The van der Waals surface area contributed by atoms with Gasteiger partial charge in [-0.25, -0.2) is 0 Å². The van der Waals surface area contributed by atoms with Gasteiger partial charge >= 0.3 is 0 Å². The Kier molecular flexibility index (Phi) is 2.37. The third kappa shape index (κ3) is 1.62. The van der Waals surface area contributed by atoms with E-state index in [9.17, 15) is 4.79 Å². The van der Waals surface area contributed by atoms with Crippen molar-refractivity contribution >= 4 is 22.7 Å². The molecule has 0 saturated carbocycles. The van der Waals surface area contributed by atoms with Gasteiger partial charge in [0, 0.05) is 12.7 Å². The van der Waals surface area contributed by atoms with Crippen LogP contribution in [0.15, 0.2) is 16.1 Å². The zero-order valence-electron chi connectivity index (χ0n) is 7.41. The van der Waals surface area contributed by atoms with Gasteiger partial charge in [-0.05, 0) is 18.8 Å². The molecule has 0 amide bonds. The molecule has 2 rings (SSSR count). The van der Waals surface area contributed by atoms with Crippen LogP contribution in [0, 0.1) is 0 Å². The van der Waals surface area contributed by atoms with Crippen LogP contribution in [0.4, 0.5) is 0 Å². The Hall–Kier alpha value is -0.810. The fourth-order valence-electron chi connectivity index (χ4n) is 1.29. The molecule has 0 aliphatic carbocycles. The Morgan fingerprint density at radius 1 is 1.85 bits per heavy atom. The standard InChI is InChI=1S/C8H11N3OS/c1-9-4-6(12)7-5-11-3-2-10-8(11)13-7/h5,9H,2-4H2,1H3. The van der Waals surface area contributed by atoms with Gasteiger partial charge in [0.2, 0.25) is 0 Å². The molecule has 2 heterocycles. The second-order valence-corrected chi connectivity index (χ2v) is 3.92. The highest BCUT2D eigenvalue weighted by molar-refractivity contribution is 8.18. The van der Waals surface area contributed by atoms with Crippen LogP contribution < -0.4 is 5.32 Å². The molecule has 0 radical (unpaired) electrons. The fraction of sp³-hybridized carbons (Fsp3) is 0.500. The minimum absolute atomic E-state index is 0.143. The topological polar surface area (TPSA) is 44.7 Å². The van der Waals surface area contributed by atoms with E-state index in [1.54, 1.807) is 7.05 Å². The molecule has 0 bridgehead atoms. The number of hydrogen-bond acceptors (Lipinski definition) is 5. The number of nitrogens with one attached hydrogen (secondary N) is 1. The Labute approximate surface area is 81.1 Å². The van der Waals surface area contributed by atoms with Crippen molar-refractivity contribution in [2.24, 2.45) is 4.99 Å². The largest absolute Gasteiger partial charge is 0.324 e. The van der Waals surface area contributed by atoms with Crippen LogP contribution in [0.3, 0.4) is 0 Å². The lowest BCUT2D eigenvalue weighted by Crippen LogP contribution is -2.18. The summed E-state index contributed by atoms with van der Waals surface area (Å²) in [5, 5.41) is 3.82. The van der Waals surface area contributed by atoms with Crippen LogP contribution in [0.2, 0.25) is 0 Å². The van der Waals surface area contributed by atoms with Gasteiger partial charge in [-0.15, -0.1) is 0 Å². The van der Waals surface area contributed by atoms with Crippen molar-refractivity contribution in [3.8, 4) is 0 Å². The molecule has 1 N–H and O–H groups in total. The summed E-state index contributed by atoms with van der Waals surface area (Å²) in [5.74, 6) is 0.143. The summed E-state index contributed by atoms with van der Waals surface area (Å²) in [6.45, 7) is 2.17. The zero-order chi connectivity index (χ0) is 9.26. The molecule has 0 aromatic carbocycles. The van der Waals surface area contributed by atoms with Gasteiger partial charge in [0.1, 0.15) is 0 Å². The highest BCUT2D eigenvalue weighted by Crippen LogP contribution is 2.30. The van der Waals surface area contributed by atoms with E-state index < -0.39 is 0 Å². The van der Waals surface area contributed by atoms with E-state index in [0.29, 0.717) is 6.54 Å². The normalized spacial score (nSPS) is 19.9. The summed E-state index contributed by atoms with van der Waals surface area (Å²) < 4.78 is 0. The van der Waals surface area contributed by atoms with Crippen LogP contribution in [0.25, 0.3) is 0 Å². The number of likely N-dealkylation sites (N-methyl/N-ethyl adjacent to an activating group) is 1. The first-order valence-electron chi connectivity index (χ1n) is 4.20. The second-order valence-electron chi connectivity index (χ2n) is 2.91. The summed E-state index contributed by atoms with van der Waals surface area (Å²) in [4.78, 5) is 18.5. The number of fused-ring (bicyclic) bond motifs is 1. The third-order valence-electron chi connectivity index (χ3n) is 1.92. The molecule has 0 atom stereocenters. The van der Waals surface area contributed by atoms with Crippen molar-refractivity contribution in [3.63, 3.8) is 0 Å². The zero-order valence-corrected chi connectivity index (χ0v) is 8.23. The molecule has 0 spiro atoms. The summed E-state index contributed by atoms with van der Waals surface area (Å²) >= 11 is 1.48. The van der Waals surface area contributed by atoms with Crippen molar-refractivity contribution in [1.82, 2.24) is 10.2 Å². The van der Waals surface area contributed by atoms with Gasteiger partial charge in [-0.3, -0.25) is 9.79 Å². The number of carbonyl (C=O) groups is 1. The fourth-order valence-corrected chi connectivity index (χ4v) is 2.27. The van der Waals surface area contributed by atoms with E-state index >= 15 is 0 Å². The molecule has 2 aliphatic rings. The molecule has 4 nitrogen and oxygen atoms in total. The monoisotopic (exact) mass is 197 g/mol. The SMILES string of the molecule is CNCC(=O)C1=CN2CCN=C2S1. The first-order valence-corrected chi connectivity index (χ1v) is 5.01. The Bertz CT molecular complexity index is 298. The number of hydrogen-bond donors (Lipinski definition) is 1. The van der Waals surface area contributed by atoms with Crippen molar-refractivity contribution in [3.05, 3.63) is 11.1 Å². The summed E-state index contributed by atoms with van der Waals surface area (Å²) in [5.41, 5.74) is 0. The van der Waals surface area contributed by atoms with Gasteiger partial charge in [0.15, 0.2) is 11.0 Å². The maximum atomic E-state index is 11.4. The number of carbonyl (C=O) groups excluding carboxylic acids is 1. The number of rotatable bonds is 3. The quantitative estimate of drug-likeness (QED) is 0.693. The molecule has 0 fully saturated rings.